The number of benzene rings is 1. The number of nitrogens with one attached hydrogen (secondary N) is 1. The number of hydrogen-bond acceptors (Lipinski definition) is 2. The summed E-state index contributed by atoms with van der Waals surface area (Å²) in [5, 5.41) is 3.57. The molecule has 1 aromatic rings. The first-order valence-corrected chi connectivity index (χ1v) is 8.96. The molecule has 2 bridgehead atoms. The Morgan fingerprint density at radius 2 is 2.24 bits per heavy atom. The van der Waals surface area contributed by atoms with Crippen molar-refractivity contribution in [2.24, 2.45) is 11.8 Å². The largest absolute Gasteiger partial charge is 0.352 e. The zero-order valence-electron chi connectivity index (χ0n) is 11.8. The van der Waals surface area contributed by atoms with Crippen LogP contribution in [0.25, 0.3) is 0 Å². The summed E-state index contributed by atoms with van der Waals surface area (Å²) < 4.78 is 13.6. The molecule has 2 aliphatic carbocycles. The number of carbonyl (C=O) groups is 1. The average Bonchev–Trinajstić information content (AvgIpc) is 3.04. The highest BCUT2D eigenvalue weighted by molar-refractivity contribution is 7.99. The first kappa shape index (κ1) is 15.2. The number of rotatable bonds is 5. The summed E-state index contributed by atoms with van der Waals surface area (Å²) >= 11 is 7.38. The molecule has 0 saturated heterocycles. The van der Waals surface area contributed by atoms with Crippen molar-refractivity contribution in [2.75, 3.05) is 5.75 Å². The normalized spacial score (nSPS) is 27.0. The van der Waals surface area contributed by atoms with Crippen molar-refractivity contribution in [3.63, 3.8) is 0 Å². The second-order valence-corrected chi connectivity index (χ2v) is 7.43. The van der Waals surface area contributed by atoms with Gasteiger partial charge in [0, 0.05) is 22.4 Å². The summed E-state index contributed by atoms with van der Waals surface area (Å²) in [4.78, 5) is 12.0. The van der Waals surface area contributed by atoms with E-state index in [1.807, 2.05) is 0 Å². The molecule has 3 rings (SSSR count). The molecule has 2 fully saturated rings. The third kappa shape index (κ3) is 3.54. The molecule has 114 valence electrons. The van der Waals surface area contributed by atoms with Gasteiger partial charge in [-0.3, -0.25) is 4.79 Å². The first-order chi connectivity index (χ1) is 10.1. The predicted molar refractivity (Wildman–Crippen MR) is 85.0 cm³/mol. The molecule has 0 aliphatic heterocycles. The van der Waals surface area contributed by atoms with E-state index in [1.54, 1.807) is 12.1 Å². The fraction of sp³-hybridized carbons (Fsp3) is 0.562. The van der Waals surface area contributed by atoms with Crippen LogP contribution >= 0.6 is 23.4 Å². The van der Waals surface area contributed by atoms with Crippen LogP contribution in [0.1, 0.15) is 31.2 Å². The van der Waals surface area contributed by atoms with Gasteiger partial charge in [-0.2, -0.15) is 0 Å². The van der Waals surface area contributed by atoms with Crippen LogP contribution in [0.15, 0.2) is 18.2 Å². The number of thioether (sulfide) groups is 1. The highest BCUT2D eigenvalue weighted by atomic mass is 35.5. The fourth-order valence-corrected chi connectivity index (χ4v) is 4.76. The Kier molecular flexibility index (Phi) is 4.75. The minimum Gasteiger partial charge on any atom is -0.352 e. The van der Waals surface area contributed by atoms with Gasteiger partial charge in [-0.05, 0) is 43.2 Å². The van der Waals surface area contributed by atoms with Crippen LogP contribution in [-0.4, -0.2) is 17.7 Å². The zero-order valence-corrected chi connectivity index (χ0v) is 13.4. The Morgan fingerprint density at radius 1 is 1.38 bits per heavy atom. The van der Waals surface area contributed by atoms with E-state index in [0.717, 1.165) is 12.3 Å². The van der Waals surface area contributed by atoms with Gasteiger partial charge < -0.3 is 5.32 Å². The molecule has 0 spiro atoms. The summed E-state index contributed by atoms with van der Waals surface area (Å²) in [6, 6.07) is 5.04. The smallest absolute Gasteiger partial charge is 0.230 e. The van der Waals surface area contributed by atoms with Crippen LogP contribution in [0, 0.1) is 17.7 Å². The van der Waals surface area contributed by atoms with E-state index in [2.05, 4.69) is 5.32 Å². The van der Waals surface area contributed by atoms with Crippen molar-refractivity contribution in [1.82, 2.24) is 5.32 Å². The molecule has 0 heterocycles. The lowest BCUT2D eigenvalue weighted by Gasteiger charge is -2.22. The minimum atomic E-state index is -0.302. The number of hydrogen-bond donors (Lipinski definition) is 1. The summed E-state index contributed by atoms with van der Waals surface area (Å²) in [5.41, 5.74) is 0.483. The van der Waals surface area contributed by atoms with Gasteiger partial charge in [0.15, 0.2) is 0 Å². The van der Waals surface area contributed by atoms with Gasteiger partial charge in [0.25, 0.3) is 0 Å². The topological polar surface area (TPSA) is 29.1 Å². The van der Waals surface area contributed by atoms with Crippen molar-refractivity contribution in [2.45, 2.75) is 37.5 Å². The molecule has 1 aromatic carbocycles. The monoisotopic (exact) mass is 327 g/mol. The van der Waals surface area contributed by atoms with E-state index in [4.69, 9.17) is 11.6 Å². The van der Waals surface area contributed by atoms with E-state index in [-0.39, 0.29) is 11.7 Å². The van der Waals surface area contributed by atoms with Crippen LogP contribution in [-0.2, 0) is 10.5 Å². The first-order valence-electron chi connectivity index (χ1n) is 7.43. The third-order valence-corrected chi connectivity index (χ3v) is 5.94. The van der Waals surface area contributed by atoms with Crippen LogP contribution < -0.4 is 5.32 Å². The van der Waals surface area contributed by atoms with Crippen LogP contribution in [0.3, 0.4) is 0 Å². The Bertz CT molecular complexity index is 519. The van der Waals surface area contributed by atoms with Crippen LogP contribution in [0.2, 0.25) is 5.02 Å². The Labute approximate surface area is 133 Å². The van der Waals surface area contributed by atoms with Gasteiger partial charge in [0.1, 0.15) is 5.82 Å². The van der Waals surface area contributed by atoms with Gasteiger partial charge in [0.2, 0.25) is 5.91 Å². The van der Waals surface area contributed by atoms with Crippen LogP contribution in [0.4, 0.5) is 4.39 Å². The molecule has 1 amide bonds. The van der Waals surface area contributed by atoms with Gasteiger partial charge in [-0.1, -0.05) is 24.1 Å². The average molecular weight is 328 g/mol. The zero-order chi connectivity index (χ0) is 14.8. The molecule has 2 aliphatic rings. The van der Waals surface area contributed by atoms with Gasteiger partial charge >= 0.3 is 0 Å². The molecule has 5 heteroatoms. The summed E-state index contributed by atoms with van der Waals surface area (Å²) in [7, 11) is 0. The Hall–Kier alpha value is -0.740. The molecular weight excluding hydrogens is 309 g/mol. The quantitative estimate of drug-likeness (QED) is 0.885. The molecule has 21 heavy (non-hydrogen) atoms. The van der Waals surface area contributed by atoms with E-state index in [9.17, 15) is 9.18 Å². The van der Waals surface area contributed by atoms with Gasteiger partial charge in [-0.15, -0.1) is 11.8 Å². The van der Waals surface area contributed by atoms with E-state index in [0.29, 0.717) is 34.1 Å². The maximum absolute atomic E-state index is 13.6. The number of carbonyl (C=O) groups excluding carboxylic acids is 1. The molecule has 2 saturated carbocycles. The maximum atomic E-state index is 13.6. The van der Waals surface area contributed by atoms with E-state index < -0.39 is 0 Å². The molecule has 3 unspecified atom stereocenters. The maximum Gasteiger partial charge on any atom is 0.230 e. The minimum absolute atomic E-state index is 0.0602. The lowest BCUT2D eigenvalue weighted by molar-refractivity contribution is -0.119. The van der Waals surface area contributed by atoms with Crippen molar-refractivity contribution in [3.8, 4) is 0 Å². The van der Waals surface area contributed by atoms with E-state index >= 15 is 0 Å². The second-order valence-electron chi connectivity index (χ2n) is 6.04. The lowest BCUT2D eigenvalue weighted by atomic mass is 9.95. The van der Waals surface area contributed by atoms with Crippen molar-refractivity contribution in [3.05, 3.63) is 34.6 Å². The van der Waals surface area contributed by atoms with Crippen molar-refractivity contribution in [1.29, 1.82) is 0 Å². The SMILES string of the molecule is O=C(CSCc1c(F)cccc1Cl)NC1CC2CCC1C2. The fourth-order valence-electron chi connectivity index (χ4n) is 3.59. The lowest BCUT2D eigenvalue weighted by Crippen LogP contribution is -2.39. The molecule has 0 aromatic heterocycles. The molecule has 2 nitrogen and oxygen atoms in total. The Morgan fingerprint density at radius 3 is 2.90 bits per heavy atom. The molecule has 0 radical (unpaired) electrons. The summed E-state index contributed by atoms with van der Waals surface area (Å²) in [5.74, 6) is 2.05. The highest BCUT2D eigenvalue weighted by Gasteiger charge is 2.39. The standard InChI is InChI=1S/C16H19ClFNOS/c17-13-2-1-3-14(18)12(13)8-21-9-16(20)19-15-7-10-4-5-11(15)6-10/h1-3,10-11,15H,4-9H2,(H,19,20). The van der Waals surface area contributed by atoms with Crippen LogP contribution in [0.5, 0.6) is 0 Å². The van der Waals surface area contributed by atoms with Gasteiger partial charge in [0.05, 0.1) is 5.75 Å². The van der Waals surface area contributed by atoms with Gasteiger partial charge in [-0.25, -0.2) is 4.39 Å². The molecule has 1 N–H and O–H groups in total. The number of amides is 1. The van der Waals surface area contributed by atoms with E-state index in [1.165, 1.54) is 37.1 Å². The predicted octanol–water partition coefficient (Wildman–Crippen LogP) is 4.02. The van der Waals surface area contributed by atoms with Crippen molar-refractivity contribution >= 4 is 29.3 Å². The summed E-state index contributed by atoms with van der Waals surface area (Å²) in [6.45, 7) is 0. The highest BCUT2D eigenvalue weighted by Crippen LogP contribution is 2.44. The summed E-state index contributed by atoms with van der Waals surface area (Å²) in [6.07, 6.45) is 5.01. The molecular formula is C16H19ClFNOS. The number of fused-ring (bicyclic) bond motifs is 2. The third-order valence-electron chi connectivity index (χ3n) is 4.63. The molecule has 3 atom stereocenters. The number of halogens is 2. The second kappa shape index (κ2) is 6.57. The Balaban J connectivity index is 1.44. The van der Waals surface area contributed by atoms with Crippen molar-refractivity contribution < 1.29 is 9.18 Å².